The van der Waals surface area contributed by atoms with Crippen molar-refractivity contribution in [3.8, 4) is 0 Å². The fraction of sp³-hybridized carbons (Fsp3) is 0.278. The third-order valence-corrected chi connectivity index (χ3v) is 3.90. The van der Waals surface area contributed by atoms with Gasteiger partial charge in [-0.25, -0.2) is 9.78 Å². The Morgan fingerprint density at radius 3 is 2.48 bits per heavy atom. The van der Waals surface area contributed by atoms with E-state index in [1.54, 1.807) is 22.9 Å². The number of hydrogen-bond acceptors (Lipinski definition) is 3. The average molecular weight is 309 g/mol. The molecule has 0 amide bonds. The molecule has 2 aromatic heterocycles. The molecule has 1 aromatic carbocycles. The fourth-order valence-corrected chi connectivity index (χ4v) is 2.70. The summed E-state index contributed by atoms with van der Waals surface area (Å²) in [6.07, 6.45) is 2.40. The first-order valence-corrected chi connectivity index (χ1v) is 7.75. The number of hydrogen-bond donors (Lipinski definition) is 0. The van der Waals surface area contributed by atoms with Crippen molar-refractivity contribution >= 4 is 11.0 Å². The van der Waals surface area contributed by atoms with Crippen LogP contribution in [-0.2, 0) is 13.1 Å². The van der Waals surface area contributed by atoms with Crippen LogP contribution >= 0.6 is 0 Å². The second-order valence-electron chi connectivity index (χ2n) is 5.68. The summed E-state index contributed by atoms with van der Waals surface area (Å²) in [6.45, 7) is 4.83. The van der Waals surface area contributed by atoms with Gasteiger partial charge in [-0.1, -0.05) is 36.8 Å². The standard InChI is InChI=1S/C18H19N3O2/c1-3-11-20-15-5-4-10-19-16(15)17(22)21(18(20)23)12-14-8-6-13(2)7-9-14/h4-10H,3,11-12H2,1-2H3. The van der Waals surface area contributed by atoms with Gasteiger partial charge in [-0.2, -0.15) is 0 Å². The first-order chi connectivity index (χ1) is 11.1. The molecule has 23 heavy (non-hydrogen) atoms. The molecule has 0 bridgehead atoms. The van der Waals surface area contributed by atoms with Gasteiger partial charge >= 0.3 is 5.69 Å². The van der Waals surface area contributed by atoms with Crippen LogP contribution in [0.1, 0.15) is 24.5 Å². The summed E-state index contributed by atoms with van der Waals surface area (Å²) < 4.78 is 2.91. The summed E-state index contributed by atoms with van der Waals surface area (Å²) in [4.78, 5) is 29.6. The molecule has 5 heteroatoms. The van der Waals surface area contributed by atoms with Gasteiger partial charge in [0.1, 0.15) is 0 Å². The zero-order valence-electron chi connectivity index (χ0n) is 13.3. The van der Waals surface area contributed by atoms with Crippen molar-refractivity contribution in [3.63, 3.8) is 0 Å². The molecule has 2 heterocycles. The van der Waals surface area contributed by atoms with Gasteiger partial charge in [0.2, 0.25) is 0 Å². The first kappa shape index (κ1) is 15.2. The monoisotopic (exact) mass is 309 g/mol. The lowest BCUT2D eigenvalue weighted by Crippen LogP contribution is -2.40. The fourth-order valence-electron chi connectivity index (χ4n) is 2.70. The molecule has 0 saturated heterocycles. The molecule has 3 rings (SSSR count). The first-order valence-electron chi connectivity index (χ1n) is 7.75. The van der Waals surface area contributed by atoms with Gasteiger partial charge in [0.05, 0.1) is 12.1 Å². The van der Waals surface area contributed by atoms with Gasteiger partial charge in [0.15, 0.2) is 5.52 Å². The average Bonchev–Trinajstić information content (AvgIpc) is 2.57. The number of nitrogens with zero attached hydrogens (tertiary/aromatic N) is 3. The smallest absolute Gasteiger partial charge is 0.292 e. The highest BCUT2D eigenvalue weighted by Crippen LogP contribution is 2.07. The molecule has 0 aliphatic heterocycles. The van der Waals surface area contributed by atoms with Gasteiger partial charge < -0.3 is 0 Å². The number of aryl methyl sites for hydroxylation is 2. The van der Waals surface area contributed by atoms with Crippen LogP contribution in [0.5, 0.6) is 0 Å². The van der Waals surface area contributed by atoms with E-state index in [9.17, 15) is 9.59 Å². The molecule has 3 aromatic rings. The Morgan fingerprint density at radius 1 is 1.04 bits per heavy atom. The molecule has 0 aliphatic rings. The summed E-state index contributed by atoms with van der Waals surface area (Å²) in [7, 11) is 0. The van der Waals surface area contributed by atoms with Gasteiger partial charge in [0.25, 0.3) is 5.56 Å². The Labute approximate surface area is 133 Å². The van der Waals surface area contributed by atoms with Crippen LogP contribution in [0.4, 0.5) is 0 Å². The number of rotatable bonds is 4. The van der Waals surface area contributed by atoms with Gasteiger partial charge in [-0.05, 0) is 31.0 Å². The van der Waals surface area contributed by atoms with Crippen molar-refractivity contribution in [1.82, 2.24) is 14.1 Å². The van der Waals surface area contributed by atoms with E-state index in [1.165, 1.54) is 4.57 Å². The van der Waals surface area contributed by atoms with E-state index in [0.717, 1.165) is 17.5 Å². The maximum absolute atomic E-state index is 12.8. The maximum atomic E-state index is 12.8. The van der Waals surface area contributed by atoms with Crippen molar-refractivity contribution in [2.45, 2.75) is 33.4 Å². The largest absolute Gasteiger partial charge is 0.331 e. The summed E-state index contributed by atoms with van der Waals surface area (Å²) in [5, 5.41) is 0. The van der Waals surface area contributed by atoms with Crippen LogP contribution in [0, 0.1) is 6.92 Å². The summed E-state index contributed by atoms with van der Waals surface area (Å²) in [5.41, 5.74) is 2.39. The van der Waals surface area contributed by atoms with Gasteiger partial charge in [-0.15, -0.1) is 0 Å². The Balaban J connectivity index is 2.22. The van der Waals surface area contributed by atoms with E-state index in [-0.39, 0.29) is 17.8 Å². The molecular formula is C18H19N3O2. The zero-order chi connectivity index (χ0) is 16.4. The molecule has 0 fully saturated rings. The second kappa shape index (κ2) is 6.20. The Morgan fingerprint density at radius 2 is 1.78 bits per heavy atom. The molecule has 0 spiro atoms. The quantitative estimate of drug-likeness (QED) is 0.743. The van der Waals surface area contributed by atoms with Crippen molar-refractivity contribution in [2.75, 3.05) is 0 Å². The Bertz CT molecular complexity index is 953. The highest BCUT2D eigenvalue weighted by Gasteiger charge is 2.13. The van der Waals surface area contributed by atoms with E-state index < -0.39 is 0 Å². The Kier molecular flexibility index (Phi) is 4.10. The van der Waals surface area contributed by atoms with E-state index in [4.69, 9.17) is 0 Å². The predicted molar refractivity (Wildman–Crippen MR) is 90.8 cm³/mol. The zero-order valence-corrected chi connectivity index (χ0v) is 13.3. The highest BCUT2D eigenvalue weighted by molar-refractivity contribution is 5.73. The summed E-state index contributed by atoms with van der Waals surface area (Å²) >= 11 is 0. The van der Waals surface area contributed by atoms with Crippen molar-refractivity contribution in [1.29, 1.82) is 0 Å². The Hall–Kier alpha value is -2.69. The number of pyridine rings is 1. The number of aromatic nitrogens is 3. The van der Waals surface area contributed by atoms with E-state index in [0.29, 0.717) is 17.6 Å². The minimum Gasteiger partial charge on any atom is -0.292 e. The van der Waals surface area contributed by atoms with Crippen LogP contribution in [-0.4, -0.2) is 14.1 Å². The van der Waals surface area contributed by atoms with E-state index >= 15 is 0 Å². The van der Waals surface area contributed by atoms with Crippen LogP contribution < -0.4 is 11.2 Å². The highest BCUT2D eigenvalue weighted by atomic mass is 16.2. The van der Waals surface area contributed by atoms with Crippen LogP contribution in [0.3, 0.4) is 0 Å². The SMILES string of the molecule is CCCn1c(=O)n(Cc2ccc(C)cc2)c(=O)c2ncccc21. The van der Waals surface area contributed by atoms with Crippen molar-refractivity contribution < 1.29 is 0 Å². The summed E-state index contributed by atoms with van der Waals surface area (Å²) in [6, 6.07) is 11.4. The van der Waals surface area contributed by atoms with Crippen molar-refractivity contribution in [2.24, 2.45) is 0 Å². The maximum Gasteiger partial charge on any atom is 0.331 e. The molecule has 0 radical (unpaired) electrons. The van der Waals surface area contributed by atoms with Crippen LogP contribution in [0.2, 0.25) is 0 Å². The second-order valence-corrected chi connectivity index (χ2v) is 5.68. The minimum absolute atomic E-state index is 0.258. The van der Waals surface area contributed by atoms with E-state index in [2.05, 4.69) is 4.98 Å². The lowest BCUT2D eigenvalue weighted by atomic mass is 10.1. The lowest BCUT2D eigenvalue weighted by Gasteiger charge is -2.13. The van der Waals surface area contributed by atoms with Gasteiger partial charge in [-0.3, -0.25) is 13.9 Å². The number of fused-ring (bicyclic) bond motifs is 1. The lowest BCUT2D eigenvalue weighted by molar-refractivity contribution is 0.592. The molecule has 0 unspecified atom stereocenters. The molecule has 0 saturated carbocycles. The third kappa shape index (κ3) is 2.82. The van der Waals surface area contributed by atoms with Crippen LogP contribution in [0.15, 0.2) is 52.2 Å². The van der Waals surface area contributed by atoms with E-state index in [1.807, 2.05) is 38.1 Å². The molecule has 0 aliphatic carbocycles. The molecule has 5 nitrogen and oxygen atoms in total. The molecule has 118 valence electrons. The predicted octanol–water partition coefficient (Wildman–Crippen LogP) is 2.32. The third-order valence-electron chi connectivity index (χ3n) is 3.90. The summed E-state index contributed by atoms with van der Waals surface area (Å²) in [5.74, 6) is 0. The molecular weight excluding hydrogens is 290 g/mol. The van der Waals surface area contributed by atoms with Gasteiger partial charge in [0, 0.05) is 12.7 Å². The van der Waals surface area contributed by atoms with Crippen molar-refractivity contribution in [3.05, 3.63) is 74.6 Å². The minimum atomic E-state index is -0.335. The molecule has 0 N–H and O–H groups in total. The molecule has 0 atom stereocenters. The topological polar surface area (TPSA) is 56.9 Å². The normalized spacial score (nSPS) is 11.0. The number of benzene rings is 1. The van der Waals surface area contributed by atoms with Crippen LogP contribution in [0.25, 0.3) is 11.0 Å².